The van der Waals surface area contributed by atoms with Crippen LogP contribution < -0.4 is 4.74 Å². The van der Waals surface area contributed by atoms with E-state index in [9.17, 15) is 4.39 Å². The molecule has 0 saturated carbocycles. The van der Waals surface area contributed by atoms with E-state index in [0.29, 0.717) is 12.4 Å². The number of hydrogen-bond acceptors (Lipinski definition) is 1. The molecule has 0 saturated heterocycles. The summed E-state index contributed by atoms with van der Waals surface area (Å²) in [4.78, 5) is 0. The standard InChI is InChI=1S/C17H15ClFNO/c1-2-20-13(10-15-16(18)4-3-5-17(15)20)11-21-14-8-6-12(19)7-9-14/h3-10H,2,11H2,1H3. The second-order valence-corrected chi connectivity index (χ2v) is 5.20. The zero-order chi connectivity index (χ0) is 14.8. The number of aromatic nitrogens is 1. The van der Waals surface area contributed by atoms with Crippen molar-refractivity contribution in [2.75, 3.05) is 0 Å². The number of benzene rings is 2. The Labute approximate surface area is 127 Å². The van der Waals surface area contributed by atoms with Crippen LogP contribution in [0.1, 0.15) is 12.6 Å². The first kappa shape index (κ1) is 14.0. The van der Waals surface area contributed by atoms with Gasteiger partial charge in [-0.2, -0.15) is 0 Å². The molecule has 21 heavy (non-hydrogen) atoms. The number of nitrogens with zero attached hydrogens (tertiary/aromatic N) is 1. The quantitative estimate of drug-likeness (QED) is 0.659. The molecule has 4 heteroatoms. The number of aryl methyl sites for hydroxylation is 1. The summed E-state index contributed by atoms with van der Waals surface area (Å²) in [5, 5.41) is 1.77. The maximum atomic E-state index is 12.9. The van der Waals surface area contributed by atoms with Crippen LogP contribution in [-0.2, 0) is 13.2 Å². The summed E-state index contributed by atoms with van der Waals surface area (Å²) in [6, 6.07) is 14.0. The van der Waals surface area contributed by atoms with Gasteiger partial charge >= 0.3 is 0 Å². The summed E-state index contributed by atoms with van der Waals surface area (Å²) >= 11 is 6.24. The van der Waals surface area contributed by atoms with Crippen molar-refractivity contribution in [1.82, 2.24) is 4.57 Å². The third-order valence-electron chi connectivity index (χ3n) is 3.49. The van der Waals surface area contributed by atoms with Gasteiger partial charge in [-0.25, -0.2) is 4.39 Å². The first-order chi connectivity index (χ1) is 10.2. The van der Waals surface area contributed by atoms with Crippen molar-refractivity contribution in [3.8, 4) is 5.75 Å². The number of fused-ring (bicyclic) bond motifs is 1. The minimum atomic E-state index is -0.267. The van der Waals surface area contributed by atoms with E-state index in [-0.39, 0.29) is 5.82 Å². The lowest BCUT2D eigenvalue weighted by molar-refractivity contribution is 0.295. The van der Waals surface area contributed by atoms with Crippen molar-refractivity contribution in [2.24, 2.45) is 0 Å². The molecule has 0 radical (unpaired) electrons. The number of rotatable bonds is 4. The van der Waals surface area contributed by atoms with Gasteiger partial charge in [0.2, 0.25) is 0 Å². The van der Waals surface area contributed by atoms with Crippen LogP contribution in [0.15, 0.2) is 48.5 Å². The van der Waals surface area contributed by atoms with Crippen LogP contribution >= 0.6 is 11.6 Å². The van der Waals surface area contributed by atoms with Crippen molar-refractivity contribution >= 4 is 22.5 Å². The summed E-state index contributed by atoms with van der Waals surface area (Å²) in [6.45, 7) is 3.35. The first-order valence-corrected chi connectivity index (χ1v) is 7.22. The molecule has 0 atom stereocenters. The molecule has 0 aliphatic heterocycles. The van der Waals surface area contributed by atoms with Gasteiger partial charge in [-0.1, -0.05) is 17.7 Å². The molecule has 0 amide bonds. The second-order valence-electron chi connectivity index (χ2n) is 4.80. The Kier molecular flexibility index (Phi) is 3.84. The number of halogens is 2. The minimum Gasteiger partial charge on any atom is -0.487 e. The summed E-state index contributed by atoms with van der Waals surface area (Å²) < 4.78 is 20.8. The lowest BCUT2D eigenvalue weighted by atomic mass is 10.2. The Morgan fingerprint density at radius 2 is 1.90 bits per heavy atom. The van der Waals surface area contributed by atoms with E-state index < -0.39 is 0 Å². The van der Waals surface area contributed by atoms with Crippen molar-refractivity contribution in [3.05, 3.63) is 65.1 Å². The minimum absolute atomic E-state index is 0.267. The predicted octanol–water partition coefficient (Wildman–Crippen LogP) is 5.03. The first-order valence-electron chi connectivity index (χ1n) is 6.84. The van der Waals surface area contributed by atoms with Crippen LogP contribution in [0.4, 0.5) is 4.39 Å². The summed E-state index contributed by atoms with van der Waals surface area (Å²) in [6.07, 6.45) is 0. The molecule has 0 fully saturated rings. The molecule has 0 N–H and O–H groups in total. The molecule has 108 valence electrons. The Hall–Kier alpha value is -2.00. The highest BCUT2D eigenvalue weighted by atomic mass is 35.5. The van der Waals surface area contributed by atoms with Gasteiger partial charge in [0, 0.05) is 22.5 Å². The van der Waals surface area contributed by atoms with Crippen LogP contribution in [0.25, 0.3) is 10.9 Å². The average Bonchev–Trinajstić information content (AvgIpc) is 2.86. The molecule has 3 aromatic rings. The monoisotopic (exact) mass is 303 g/mol. The van der Waals surface area contributed by atoms with E-state index in [2.05, 4.69) is 11.5 Å². The Balaban J connectivity index is 1.89. The second kappa shape index (κ2) is 5.78. The zero-order valence-corrected chi connectivity index (χ0v) is 12.4. The lowest BCUT2D eigenvalue weighted by Crippen LogP contribution is -2.04. The van der Waals surface area contributed by atoms with E-state index >= 15 is 0 Å². The van der Waals surface area contributed by atoms with Gasteiger partial charge in [-0.15, -0.1) is 0 Å². The smallest absolute Gasteiger partial charge is 0.128 e. The van der Waals surface area contributed by atoms with Crippen LogP contribution in [0.5, 0.6) is 5.75 Å². The van der Waals surface area contributed by atoms with Crippen LogP contribution in [0, 0.1) is 5.82 Å². The van der Waals surface area contributed by atoms with Gasteiger partial charge in [0.1, 0.15) is 18.2 Å². The van der Waals surface area contributed by atoms with Crippen molar-refractivity contribution < 1.29 is 9.13 Å². The normalized spacial score (nSPS) is 11.0. The van der Waals surface area contributed by atoms with Gasteiger partial charge in [-0.05, 0) is 49.4 Å². The molecular weight excluding hydrogens is 289 g/mol. The van der Waals surface area contributed by atoms with Crippen LogP contribution in [-0.4, -0.2) is 4.57 Å². The average molecular weight is 304 g/mol. The molecule has 0 aliphatic rings. The maximum absolute atomic E-state index is 12.9. The van der Waals surface area contributed by atoms with Gasteiger partial charge in [-0.3, -0.25) is 0 Å². The lowest BCUT2D eigenvalue weighted by Gasteiger charge is -2.09. The molecule has 0 spiro atoms. The van der Waals surface area contributed by atoms with Gasteiger partial charge in [0.05, 0.1) is 5.69 Å². The van der Waals surface area contributed by atoms with E-state index in [4.69, 9.17) is 16.3 Å². The highest BCUT2D eigenvalue weighted by molar-refractivity contribution is 6.35. The Morgan fingerprint density at radius 1 is 1.14 bits per heavy atom. The van der Waals surface area contributed by atoms with E-state index in [1.165, 1.54) is 12.1 Å². The fourth-order valence-electron chi connectivity index (χ4n) is 2.48. The third-order valence-corrected chi connectivity index (χ3v) is 3.82. The Morgan fingerprint density at radius 3 is 2.62 bits per heavy atom. The molecule has 2 aromatic carbocycles. The van der Waals surface area contributed by atoms with E-state index in [1.807, 2.05) is 24.3 Å². The summed E-state index contributed by atoms with van der Waals surface area (Å²) in [7, 11) is 0. The van der Waals surface area contributed by atoms with Gasteiger partial charge < -0.3 is 9.30 Å². The molecular formula is C17H15ClFNO. The topological polar surface area (TPSA) is 14.2 Å². The summed E-state index contributed by atoms with van der Waals surface area (Å²) in [5.41, 5.74) is 2.15. The molecule has 3 rings (SSSR count). The zero-order valence-electron chi connectivity index (χ0n) is 11.6. The molecule has 2 nitrogen and oxygen atoms in total. The van der Waals surface area contributed by atoms with Crippen LogP contribution in [0.3, 0.4) is 0 Å². The van der Waals surface area contributed by atoms with E-state index in [1.54, 1.807) is 12.1 Å². The van der Waals surface area contributed by atoms with Crippen molar-refractivity contribution in [1.29, 1.82) is 0 Å². The van der Waals surface area contributed by atoms with E-state index in [0.717, 1.165) is 28.2 Å². The van der Waals surface area contributed by atoms with Gasteiger partial charge in [0.25, 0.3) is 0 Å². The largest absolute Gasteiger partial charge is 0.487 e. The SMILES string of the molecule is CCn1c(COc2ccc(F)cc2)cc2c(Cl)cccc21. The summed E-state index contributed by atoms with van der Waals surface area (Å²) in [5.74, 6) is 0.382. The predicted molar refractivity (Wildman–Crippen MR) is 83.4 cm³/mol. The van der Waals surface area contributed by atoms with Gasteiger partial charge in [0.15, 0.2) is 0 Å². The Bertz CT molecular complexity index is 764. The fourth-order valence-corrected chi connectivity index (χ4v) is 2.71. The highest BCUT2D eigenvalue weighted by Crippen LogP contribution is 2.27. The number of hydrogen-bond donors (Lipinski definition) is 0. The van der Waals surface area contributed by atoms with Crippen molar-refractivity contribution in [2.45, 2.75) is 20.1 Å². The highest BCUT2D eigenvalue weighted by Gasteiger charge is 2.10. The van der Waals surface area contributed by atoms with Crippen molar-refractivity contribution in [3.63, 3.8) is 0 Å². The number of ether oxygens (including phenoxy) is 1. The molecule has 0 aliphatic carbocycles. The molecule has 1 heterocycles. The third kappa shape index (κ3) is 2.74. The maximum Gasteiger partial charge on any atom is 0.128 e. The molecule has 1 aromatic heterocycles. The fraction of sp³-hybridized carbons (Fsp3) is 0.176. The molecule has 0 unspecified atom stereocenters. The van der Waals surface area contributed by atoms with Crippen LogP contribution in [0.2, 0.25) is 5.02 Å². The molecule has 0 bridgehead atoms.